The van der Waals surface area contributed by atoms with E-state index in [4.69, 9.17) is 18.9 Å². The van der Waals surface area contributed by atoms with Gasteiger partial charge < -0.3 is 13.9 Å². The molecule has 0 aliphatic heterocycles. The molecule has 1 atom stereocenters. The fourth-order valence-corrected chi connectivity index (χ4v) is 4.64. The molecule has 5 aromatic rings. The van der Waals surface area contributed by atoms with Crippen LogP contribution in [0.1, 0.15) is 25.8 Å². The molecule has 0 fully saturated rings. The summed E-state index contributed by atoms with van der Waals surface area (Å²) in [5.74, 6) is 1.92. The molecule has 0 unspecified atom stereocenters. The minimum Gasteiger partial charge on any atom is -0.493 e. The lowest BCUT2D eigenvalue weighted by atomic mass is 10.2. The lowest BCUT2D eigenvalue weighted by molar-refractivity contribution is 0.207. The van der Waals surface area contributed by atoms with E-state index in [0.29, 0.717) is 45.1 Å². The standard InChI is InChI=1S/C28H23Br2N3O4/c1-4-16(2)36-25-14-21(30)18(13-24(25)35-3)15-31-33-27(32-22-8-6-5-7-20(22)28(33)34)26-12-17-11-19(29)9-10-23(17)37-26/h5-16H,4H2,1-3H3/t16-/m0/s1. The maximum Gasteiger partial charge on any atom is 0.282 e. The Morgan fingerprint density at radius 2 is 1.92 bits per heavy atom. The summed E-state index contributed by atoms with van der Waals surface area (Å²) in [6, 6.07) is 18.4. The maximum absolute atomic E-state index is 13.5. The van der Waals surface area contributed by atoms with Crippen molar-refractivity contribution in [3.63, 3.8) is 0 Å². The van der Waals surface area contributed by atoms with Crippen LogP contribution < -0.4 is 15.0 Å². The average molecular weight is 625 g/mol. The molecule has 2 heterocycles. The number of para-hydroxylation sites is 1. The normalized spacial score (nSPS) is 12.5. The lowest BCUT2D eigenvalue weighted by Gasteiger charge is -2.16. The highest BCUT2D eigenvalue weighted by molar-refractivity contribution is 9.10. The van der Waals surface area contributed by atoms with E-state index in [1.165, 1.54) is 4.68 Å². The molecule has 0 spiro atoms. The van der Waals surface area contributed by atoms with E-state index in [0.717, 1.165) is 20.8 Å². The zero-order chi connectivity index (χ0) is 26.1. The summed E-state index contributed by atoms with van der Waals surface area (Å²) < 4.78 is 20.5. The molecule has 2 aromatic heterocycles. The van der Waals surface area contributed by atoms with Gasteiger partial charge in [0.25, 0.3) is 5.56 Å². The SMILES string of the molecule is CC[C@H](C)Oc1cc(Br)c(C=Nn2c(-c3cc4cc(Br)ccc4o3)nc3ccccc3c2=O)cc1OC. The Balaban J connectivity index is 1.65. The molecule has 37 heavy (non-hydrogen) atoms. The third-order valence-corrected chi connectivity index (χ3v) is 7.13. The van der Waals surface area contributed by atoms with Gasteiger partial charge in [0.05, 0.1) is 30.3 Å². The average Bonchev–Trinajstić information content (AvgIpc) is 3.32. The van der Waals surface area contributed by atoms with Gasteiger partial charge in [-0.1, -0.05) is 35.0 Å². The van der Waals surface area contributed by atoms with Gasteiger partial charge in [-0.05, 0) is 77.8 Å². The fraction of sp³-hybridized carbons (Fsp3) is 0.179. The first-order chi connectivity index (χ1) is 17.9. The van der Waals surface area contributed by atoms with Gasteiger partial charge in [0.2, 0.25) is 5.82 Å². The molecular formula is C28H23Br2N3O4. The van der Waals surface area contributed by atoms with Gasteiger partial charge in [-0.2, -0.15) is 9.78 Å². The second kappa shape index (κ2) is 10.5. The summed E-state index contributed by atoms with van der Waals surface area (Å²) in [5, 5.41) is 5.89. The monoisotopic (exact) mass is 623 g/mol. The number of hydrogen-bond donors (Lipinski definition) is 0. The van der Waals surface area contributed by atoms with Gasteiger partial charge in [-0.25, -0.2) is 4.98 Å². The topological polar surface area (TPSA) is 78.9 Å². The zero-order valence-corrected chi connectivity index (χ0v) is 23.5. The van der Waals surface area contributed by atoms with E-state index < -0.39 is 0 Å². The quantitative estimate of drug-likeness (QED) is 0.176. The summed E-state index contributed by atoms with van der Waals surface area (Å²) in [4.78, 5) is 18.3. The van der Waals surface area contributed by atoms with Crippen LogP contribution >= 0.6 is 31.9 Å². The van der Waals surface area contributed by atoms with Gasteiger partial charge >= 0.3 is 0 Å². The van der Waals surface area contributed by atoms with Crippen LogP contribution in [0.15, 0.2) is 83.9 Å². The van der Waals surface area contributed by atoms with Crippen LogP contribution in [-0.2, 0) is 0 Å². The van der Waals surface area contributed by atoms with E-state index in [1.807, 2.05) is 49.4 Å². The molecule has 3 aromatic carbocycles. The minimum atomic E-state index is -0.307. The fourth-order valence-electron chi connectivity index (χ4n) is 3.84. The molecule has 7 nitrogen and oxygen atoms in total. The number of halogens is 2. The molecule has 0 saturated heterocycles. The van der Waals surface area contributed by atoms with Crippen molar-refractivity contribution >= 4 is 59.9 Å². The van der Waals surface area contributed by atoms with E-state index in [2.05, 4.69) is 43.9 Å². The highest BCUT2D eigenvalue weighted by Gasteiger charge is 2.17. The first kappa shape index (κ1) is 25.2. The molecular weight excluding hydrogens is 602 g/mol. The Labute approximate surface area is 230 Å². The Kier molecular flexibility index (Phi) is 7.17. The first-order valence-electron chi connectivity index (χ1n) is 11.7. The number of hydrogen-bond acceptors (Lipinski definition) is 6. The highest BCUT2D eigenvalue weighted by atomic mass is 79.9. The molecule has 0 aliphatic carbocycles. The lowest BCUT2D eigenvalue weighted by Crippen LogP contribution is -2.20. The van der Waals surface area contributed by atoms with Gasteiger partial charge in [0, 0.05) is 19.9 Å². The summed E-state index contributed by atoms with van der Waals surface area (Å²) in [6.45, 7) is 4.06. The summed E-state index contributed by atoms with van der Waals surface area (Å²) in [6.07, 6.45) is 2.48. The molecule has 0 saturated carbocycles. The van der Waals surface area contributed by atoms with Crippen LogP contribution in [0.3, 0.4) is 0 Å². The number of benzene rings is 3. The summed E-state index contributed by atoms with van der Waals surface area (Å²) in [7, 11) is 1.59. The van der Waals surface area contributed by atoms with Crippen LogP contribution in [0.2, 0.25) is 0 Å². The molecule has 0 aliphatic rings. The number of furan rings is 1. The van der Waals surface area contributed by atoms with Gasteiger partial charge in [-0.3, -0.25) is 4.79 Å². The molecule has 188 valence electrons. The van der Waals surface area contributed by atoms with Gasteiger partial charge in [0.15, 0.2) is 17.3 Å². The second-order valence-electron chi connectivity index (χ2n) is 8.47. The van der Waals surface area contributed by atoms with Crippen molar-refractivity contribution in [3.05, 3.63) is 85.5 Å². The van der Waals surface area contributed by atoms with Crippen LogP contribution in [0.4, 0.5) is 0 Å². The molecule has 9 heteroatoms. The van der Waals surface area contributed by atoms with E-state index in [9.17, 15) is 4.79 Å². The molecule has 5 rings (SSSR count). The number of aromatic nitrogens is 2. The van der Waals surface area contributed by atoms with Crippen molar-refractivity contribution in [1.29, 1.82) is 0 Å². The van der Waals surface area contributed by atoms with Crippen LogP contribution in [0, 0.1) is 0 Å². The Bertz CT molecular complexity index is 1710. The van der Waals surface area contributed by atoms with Crippen LogP contribution in [-0.4, -0.2) is 29.1 Å². The Morgan fingerprint density at radius 1 is 1.11 bits per heavy atom. The van der Waals surface area contributed by atoms with Crippen molar-refractivity contribution in [1.82, 2.24) is 9.66 Å². The predicted molar refractivity (Wildman–Crippen MR) is 153 cm³/mol. The molecule has 0 bridgehead atoms. The molecule has 0 N–H and O–H groups in total. The largest absolute Gasteiger partial charge is 0.493 e. The number of rotatable bonds is 7. The predicted octanol–water partition coefficient (Wildman–Crippen LogP) is 7.40. The minimum absolute atomic E-state index is 0.0366. The smallest absolute Gasteiger partial charge is 0.282 e. The maximum atomic E-state index is 13.5. The Hall–Kier alpha value is -3.43. The van der Waals surface area contributed by atoms with Crippen LogP contribution in [0.5, 0.6) is 11.5 Å². The van der Waals surface area contributed by atoms with Crippen molar-refractivity contribution < 1.29 is 13.9 Å². The Morgan fingerprint density at radius 3 is 2.70 bits per heavy atom. The van der Waals surface area contributed by atoms with E-state index in [-0.39, 0.29) is 11.7 Å². The van der Waals surface area contributed by atoms with Crippen molar-refractivity contribution in [2.24, 2.45) is 5.10 Å². The summed E-state index contributed by atoms with van der Waals surface area (Å²) in [5.41, 5.74) is 1.64. The number of nitrogens with zero attached hydrogens (tertiary/aromatic N) is 3. The second-order valence-corrected chi connectivity index (χ2v) is 10.2. The number of fused-ring (bicyclic) bond motifs is 2. The first-order valence-corrected chi connectivity index (χ1v) is 13.3. The third kappa shape index (κ3) is 5.06. The zero-order valence-electron chi connectivity index (χ0n) is 20.4. The molecule has 0 amide bonds. The summed E-state index contributed by atoms with van der Waals surface area (Å²) >= 11 is 7.08. The highest BCUT2D eigenvalue weighted by Crippen LogP contribution is 2.34. The molecule has 0 radical (unpaired) electrons. The van der Waals surface area contributed by atoms with E-state index >= 15 is 0 Å². The van der Waals surface area contributed by atoms with Crippen LogP contribution in [0.25, 0.3) is 33.5 Å². The van der Waals surface area contributed by atoms with Crippen molar-refractivity contribution in [2.45, 2.75) is 26.4 Å². The van der Waals surface area contributed by atoms with E-state index in [1.54, 1.807) is 31.5 Å². The number of ether oxygens (including phenoxy) is 2. The third-order valence-electron chi connectivity index (χ3n) is 5.95. The van der Waals surface area contributed by atoms with Gasteiger partial charge in [-0.15, -0.1) is 0 Å². The van der Waals surface area contributed by atoms with Crippen molar-refractivity contribution in [3.8, 4) is 23.1 Å². The van der Waals surface area contributed by atoms with Gasteiger partial charge in [0.1, 0.15) is 5.58 Å². The van der Waals surface area contributed by atoms with Crippen molar-refractivity contribution in [2.75, 3.05) is 7.11 Å². The number of methoxy groups -OCH3 is 1.